The van der Waals surface area contributed by atoms with Crippen LogP contribution >= 0.6 is 0 Å². The molecule has 0 aromatic heterocycles. The first-order valence-electron chi connectivity index (χ1n) is 48.2. The predicted octanol–water partition coefficient (Wildman–Crippen LogP) is 26.7. The molecule has 0 unspecified atom stereocenters. The highest BCUT2D eigenvalue weighted by atomic mass is 16.6. The average molecular weight is 1560 g/mol. The molecule has 0 rings (SSSR count). The summed E-state index contributed by atoms with van der Waals surface area (Å²) >= 11 is 0. The van der Waals surface area contributed by atoms with Crippen LogP contribution in [0.15, 0.2) is 0 Å². The van der Waals surface area contributed by atoms with Crippen LogP contribution in [-0.4, -0.2) is 123 Å². The molecule has 0 aromatic rings. The molecule has 0 atom stereocenters. The fourth-order valence-electron chi connectivity index (χ4n) is 15.2. The summed E-state index contributed by atoms with van der Waals surface area (Å²) < 4.78 is 23.9. The minimum atomic E-state index is -0.548. The normalized spacial score (nSPS) is 11.9. The van der Waals surface area contributed by atoms with Gasteiger partial charge in [-0.1, -0.05) is 324 Å². The van der Waals surface area contributed by atoms with Gasteiger partial charge >= 0.3 is 23.9 Å². The van der Waals surface area contributed by atoms with E-state index >= 15 is 0 Å². The third-order valence-electron chi connectivity index (χ3n) is 23.0. The number of unbranched alkanes of at least 4 members (excludes halogenated alkanes) is 46. The molecule has 0 aliphatic carbocycles. The summed E-state index contributed by atoms with van der Waals surface area (Å²) in [5, 5.41) is 6.25. The maximum atomic E-state index is 13.8. The second-order valence-electron chi connectivity index (χ2n) is 35.0. The summed E-state index contributed by atoms with van der Waals surface area (Å²) in [6.07, 6.45) is 72.5. The van der Waals surface area contributed by atoms with Crippen molar-refractivity contribution >= 4 is 35.7 Å². The lowest BCUT2D eigenvalue weighted by Gasteiger charge is -2.27. The molecule has 0 aliphatic rings. The largest absolute Gasteiger partial charge is 0.466 e. The Kier molecular flexibility index (Phi) is 77.2. The van der Waals surface area contributed by atoms with Gasteiger partial charge in [0.1, 0.15) is 12.2 Å². The van der Waals surface area contributed by atoms with Gasteiger partial charge in [-0.05, 0) is 169 Å². The Morgan fingerprint density at radius 1 is 0.264 bits per heavy atom. The van der Waals surface area contributed by atoms with Gasteiger partial charge in [0.05, 0.1) is 24.0 Å². The minimum Gasteiger partial charge on any atom is -0.466 e. The smallest absolute Gasteiger partial charge is 0.311 e. The van der Waals surface area contributed by atoms with Crippen LogP contribution in [0.5, 0.6) is 0 Å². The summed E-state index contributed by atoms with van der Waals surface area (Å²) in [5.74, 6) is -0.506. The first kappa shape index (κ1) is 107. The van der Waals surface area contributed by atoms with Crippen LogP contribution in [0.2, 0.25) is 0 Å². The lowest BCUT2D eigenvalue weighted by molar-refractivity contribution is -0.161. The molecule has 14 nitrogen and oxygen atoms in total. The number of carbonyl (C=O) groups is 6. The molecule has 0 saturated carbocycles. The van der Waals surface area contributed by atoms with E-state index in [0.717, 1.165) is 206 Å². The number of hydrogen-bond acceptors (Lipinski definition) is 12. The lowest BCUT2D eigenvalue weighted by atomic mass is 9.86. The Morgan fingerprint density at radius 2 is 0.527 bits per heavy atom. The van der Waals surface area contributed by atoms with Gasteiger partial charge in [-0.2, -0.15) is 0 Å². The summed E-state index contributed by atoms with van der Waals surface area (Å²) in [6, 6.07) is 0. The van der Waals surface area contributed by atoms with E-state index in [2.05, 4.69) is 75.8 Å². The highest BCUT2D eigenvalue weighted by molar-refractivity contribution is 5.83. The first-order chi connectivity index (χ1) is 53.5. The second kappa shape index (κ2) is 79.6. The Morgan fingerprint density at radius 3 is 0.900 bits per heavy atom. The van der Waals surface area contributed by atoms with Crippen LogP contribution in [0.4, 0.5) is 0 Å². The van der Waals surface area contributed by atoms with Crippen LogP contribution in [0.25, 0.3) is 0 Å². The van der Waals surface area contributed by atoms with E-state index in [1.165, 1.54) is 218 Å². The highest BCUT2D eigenvalue weighted by Gasteiger charge is 2.32. The predicted molar refractivity (Wildman–Crippen MR) is 467 cm³/mol. The number of nitrogens with one attached hydrogen (secondary N) is 2. The summed E-state index contributed by atoms with van der Waals surface area (Å²) in [4.78, 5) is 84.4. The van der Waals surface area contributed by atoms with Crippen molar-refractivity contribution in [1.29, 1.82) is 0 Å². The average Bonchev–Trinajstić information content (AvgIpc) is 0.892. The van der Waals surface area contributed by atoms with Crippen LogP contribution in [0, 0.1) is 10.8 Å². The molecule has 0 aromatic carbocycles. The third-order valence-corrected chi connectivity index (χ3v) is 23.0. The molecule has 0 heterocycles. The van der Waals surface area contributed by atoms with Gasteiger partial charge in [-0.15, -0.1) is 0 Å². The number of amides is 2. The zero-order valence-electron chi connectivity index (χ0n) is 74.9. The maximum Gasteiger partial charge on any atom is 0.311 e. The first-order valence-corrected chi connectivity index (χ1v) is 48.2. The number of esters is 4. The monoisotopic (exact) mass is 1560 g/mol. The fraction of sp³-hybridized carbons (Fsp3) is 0.938. The van der Waals surface area contributed by atoms with Crippen molar-refractivity contribution in [2.75, 3.05) is 65.6 Å². The molecular formula is C96H186N4O10. The number of ether oxygens (including phenoxy) is 4. The van der Waals surface area contributed by atoms with Gasteiger partial charge in [0.2, 0.25) is 11.8 Å². The van der Waals surface area contributed by atoms with Crippen molar-refractivity contribution in [1.82, 2.24) is 20.4 Å². The lowest BCUT2D eigenvalue weighted by Crippen LogP contribution is -2.38. The van der Waals surface area contributed by atoms with Crippen molar-refractivity contribution in [2.24, 2.45) is 10.8 Å². The second-order valence-corrected chi connectivity index (χ2v) is 35.0. The van der Waals surface area contributed by atoms with E-state index in [1.807, 2.05) is 13.8 Å². The highest BCUT2D eigenvalue weighted by Crippen LogP contribution is 2.30. The minimum absolute atomic E-state index is 0.0176. The van der Waals surface area contributed by atoms with Crippen LogP contribution in [0.3, 0.4) is 0 Å². The molecule has 0 aliphatic heterocycles. The van der Waals surface area contributed by atoms with Gasteiger partial charge in [0, 0.05) is 51.9 Å². The molecule has 110 heavy (non-hydrogen) atoms. The number of carbonyl (C=O) groups excluding carboxylic acids is 6. The molecule has 0 spiro atoms. The molecule has 650 valence electrons. The topological polar surface area (TPSA) is 170 Å². The zero-order valence-corrected chi connectivity index (χ0v) is 74.9. The molecule has 0 saturated heterocycles. The Labute approximate surface area is 681 Å². The van der Waals surface area contributed by atoms with Gasteiger partial charge in [-0.25, -0.2) is 0 Å². The number of hydrogen-bond donors (Lipinski definition) is 2. The van der Waals surface area contributed by atoms with Gasteiger partial charge in [0.25, 0.3) is 0 Å². The quantitative estimate of drug-likeness (QED) is 0.0336. The standard InChI is InChI=1S/C96H186N4O10/c1-11-17-23-29-35-37-39-50-65-85-107-91(103)71-58-52-63-81-99(80-62-49-47-59-75-96(9,10)94(106)110-88(69-55-44-33-27-21-15-5)70-56-45-34-28-22-16-6)83-77-97-89(101)73-74-90(102)98-78-84-100(82-64-60-76-95(7,8)93(105)108-86-66-51-40-38-36-30-24-18-12-2)79-61-48-41-46-57-72-92(104)109-87(67-53-42-31-25-19-13-3)68-54-43-32-26-20-14-4/h87-88H,11-86H2,1-10H3,(H,97,101)(H,98,102). The van der Waals surface area contributed by atoms with Crippen molar-refractivity contribution in [3.05, 3.63) is 0 Å². The fourth-order valence-corrected chi connectivity index (χ4v) is 15.2. The van der Waals surface area contributed by atoms with E-state index in [-0.39, 0.29) is 60.7 Å². The molecule has 0 radical (unpaired) electrons. The Balaban J connectivity index is 5.61. The van der Waals surface area contributed by atoms with E-state index in [1.54, 1.807) is 0 Å². The summed E-state index contributed by atoms with van der Waals surface area (Å²) in [6.45, 7) is 28.7. The summed E-state index contributed by atoms with van der Waals surface area (Å²) in [7, 11) is 0. The van der Waals surface area contributed by atoms with E-state index in [0.29, 0.717) is 52.2 Å². The van der Waals surface area contributed by atoms with Crippen LogP contribution < -0.4 is 10.6 Å². The SMILES string of the molecule is CCCCCCCCCCCOC(=O)CCCCCN(CCCCCCC(C)(C)C(=O)OC(CCCCCCCC)CCCCCCCC)CCNC(=O)CCC(=O)NCCN(CCCCCCCC(=O)OC(CCCCCCCC)CCCCCCCC)CCCCC(C)(C)C(=O)OCCCCCCCCCCC. The Hall–Kier alpha value is -3.26. The van der Waals surface area contributed by atoms with Crippen molar-refractivity contribution in [3.63, 3.8) is 0 Å². The van der Waals surface area contributed by atoms with Crippen molar-refractivity contribution < 1.29 is 47.7 Å². The molecular weight excluding hydrogens is 1370 g/mol. The van der Waals surface area contributed by atoms with Crippen molar-refractivity contribution in [2.45, 2.75) is 505 Å². The molecule has 0 bridgehead atoms. The van der Waals surface area contributed by atoms with Crippen LogP contribution in [0.1, 0.15) is 493 Å². The maximum absolute atomic E-state index is 13.8. The van der Waals surface area contributed by atoms with Gasteiger partial charge in [0.15, 0.2) is 0 Å². The molecule has 14 heteroatoms. The van der Waals surface area contributed by atoms with Crippen molar-refractivity contribution in [3.8, 4) is 0 Å². The Bertz CT molecular complexity index is 2040. The van der Waals surface area contributed by atoms with Crippen LogP contribution in [-0.2, 0) is 47.7 Å². The van der Waals surface area contributed by atoms with E-state index in [9.17, 15) is 28.8 Å². The van der Waals surface area contributed by atoms with Gasteiger partial charge < -0.3 is 39.4 Å². The van der Waals surface area contributed by atoms with Gasteiger partial charge in [-0.3, -0.25) is 28.8 Å². The molecule has 2 N–H and O–H groups in total. The third kappa shape index (κ3) is 71.3. The number of nitrogens with zero attached hydrogens (tertiary/aromatic N) is 2. The van der Waals surface area contributed by atoms with E-state index in [4.69, 9.17) is 18.9 Å². The molecule has 2 amide bonds. The van der Waals surface area contributed by atoms with E-state index < -0.39 is 10.8 Å². The number of rotatable bonds is 87. The molecule has 0 fully saturated rings. The summed E-state index contributed by atoms with van der Waals surface area (Å²) in [5.41, 5.74) is -1.07. The zero-order chi connectivity index (χ0) is 80.8.